The molecule has 0 saturated carbocycles. The Morgan fingerprint density at radius 3 is 2.22 bits per heavy atom. The minimum absolute atomic E-state index is 0.0411. The number of halogens is 4. The molecule has 4 aromatic rings. The second-order valence-corrected chi connectivity index (χ2v) is 13.5. The van der Waals surface area contributed by atoms with Gasteiger partial charge in [-0.2, -0.15) is 13.2 Å². The molecule has 266 valence electrons. The molecule has 3 aliphatic heterocycles. The smallest absolute Gasteiger partial charge is 0.405 e. The van der Waals surface area contributed by atoms with E-state index >= 15 is 0 Å². The van der Waals surface area contributed by atoms with Gasteiger partial charge in [-0.25, -0.2) is 4.39 Å². The molecule has 0 unspecified atom stereocenters. The highest BCUT2D eigenvalue weighted by Crippen LogP contribution is 2.50. The Morgan fingerprint density at radius 1 is 0.824 bits per heavy atom. The third-order valence-electron chi connectivity index (χ3n) is 10.3. The van der Waals surface area contributed by atoms with Crippen LogP contribution in [0.5, 0.6) is 11.5 Å². The Balaban J connectivity index is 0.981. The number of alkyl halides is 3. The molecule has 1 saturated heterocycles. The van der Waals surface area contributed by atoms with Crippen molar-refractivity contribution in [2.45, 2.75) is 43.8 Å². The summed E-state index contributed by atoms with van der Waals surface area (Å²) in [5, 5.41) is 2.19. The predicted molar refractivity (Wildman–Crippen MR) is 187 cm³/mol. The highest BCUT2D eigenvalue weighted by atomic mass is 19.4. The lowest BCUT2D eigenvalue weighted by atomic mass is 9.68. The van der Waals surface area contributed by atoms with E-state index in [1.54, 1.807) is 59.5 Å². The summed E-state index contributed by atoms with van der Waals surface area (Å²) in [6.45, 7) is 3.52. The molecule has 0 spiro atoms. The van der Waals surface area contributed by atoms with Gasteiger partial charge in [-0.15, -0.1) is 0 Å². The molecule has 0 radical (unpaired) electrons. The van der Waals surface area contributed by atoms with Crippen LogP contribution in [0.15, 0.2) is 91.0 Å². The molecule has 51 heavy (non-hydrogen) atoms. The number of benzene rings is 4. The van der Waals surface area contributed by atoms with Crippen LogP contribution in [0, 0.1) is 5.82 Å². The van der Waals surface area contributed by atoms with E-state index in [-0.39, 0.29) is 11.7 Å². The van der Waals surface area contributed by atoms with E-state index in [1.807, 2.05) is 18.2 Å². The van der Waals surface area contributed by atoms with E-state index in [9.17, 15) is 27.2 Å². The standard InChI is InChI=1S/C40H40F4N4O3/c41-30-9-7-8-28(24-30)26-48-19-16-29-14-15-31(25-32(29)37(48)49)47-22-20-46(21-23-47)18-6-5-17-39(38(50)45-27-40(42,43)44)33-10-1-3-12-35(33)51-36-13-4-2-11-34(36)39/h1-4,7-15,24-25H,5-6,16-23,26-27H2,(H,45,50). The van der Waals surface area contributed by atoms with Gasteiger partial charge in [0.2, 0.25) is 5.91 Å². The molecule has 3 heterocycles. The molecule has 0 atom stereocenters. The summed E-state index contributed by atoms with van der Waals surface area (Å²) in [5.74, 6) is -0.0981. The van der Waals surface area contributed by atoms with E-state index < -0.39 is 24.0 Å². The number of hydrogen-bond donors (Lipinski definition) is 1. The van der Waals surface area contributed by atoms with Crippen molar-refractivity contribution in [2.75, 3.05) is 50.7 Å². The van der Waals surface area contributed by atoms with Crippen LogP contribution in [0.1, 0.15) is 51.9 Å². The Hall–Kier alpha value is -4.90. The number of nitrogens with zero attached hydrogens (tertiary/aromatic N) is 3. The summed E-state index contributed by atoms with van der Waals surface area (Å²) in [5.41, 5.74) is 3.29. The number of para-hydroxylation sites is 2. The Bertz CT molecular complexity index is 1860. The predicted octanol–water partition coefficient (Wildman–Crippen LogP) is 7.09. The lowest BCUT2D eigenvalue weighted by Crippen LogP contribution is -2.49. The largest absolute Gasteiger partial charge is 0.457 e. The number of carbonyl (C=O) groups is 2. The molecule has 0 aromatic heterocycles. The van der Waals surface area contributed by atoms with Crippen LogP contribution >= 0.6 is 0 Å². The molecule has 7 rings (SSSR count). The van der Waals surface area contributed by atoms with Gasteiger partial charge in [0.05, 0.1) is 0 Å². The number of ether oxygens (including phenoxy) is 1. The first-order valence-corrected chi connectivity index (χ1v) is 17.5. The van der Waals surface area contributed by atoms with Gasteiger partial charge in [-0.1, -0.05) is 61.0 Å². The Labute approximate surface area is 294 Å². The third kappa shape index (κ3) is 7.30. The molecule has 1 fully saturated rings. The molecule has 2 amide bonds. The van der Waals surface area contributed by atoms with Crippen LogP contribution in [0.25, 0.3) is 0 Å². The number of nitrogens with one attached hydrogen (secondary N) is 1. The summed E-state index contributed by atoms with van der Waals surface area (Å²) < 4.78 is 59.6. The SMILES string of the molecule is O=C1c2cc(N3CCN(CCCCC4(C(=O)NCC(F)(F)F)c5ccccc5Oc5ccccc54)CC3)ccc2CCN1Cc1cccc(F)c1. The highest BCUT2D eigenvalue weighted by Gasteiger charge is 2.48. The molecule has 11 heteroatoms. The first-order chi connectivity index (χ1) is 24.6. The van der Waals surface area contributed by atoms with Crippen molar-refractivity contribution in [3.63, 3.8) is 0 Å². The summed E-state index contributed by atoms with van der Waals surface area (Å²) in [4.78, 5) is 33.7. The molecular formula is C40H40F4N4O3. The third-order valence-corrected chi connectivity index (χ3v) is 10.3. The summed E-state index contributed by atoms with van der Waals surface area (Å²) in [6.07, 6.45) is -2.09. The molecule has 0 aliphatic carbocycles. The van der Waals surface area contributed by atoms with Crippen molar-refractivity contribution in [3.8, 4) is 11.5 Å². The summed E-state index contributed by atoms with van der Waals surface area (Å²) >= 11 is 0. The van der Waals surface area contributed by atoms with Gasteiger partial charge in [0.15, 0.2) is 0 Å². The van der Waals surface area contributed by atoms with Crippen LogP contribution in [0.2, 0.25) is 0 Å². The second kappa shape index (κ2) is 14.4. The first kappa shape index (κ1) is 34.5. The molecule has 4 aromatic carbocycles. The lowest BCUT2D eigenvalue weighted by Gasteiger charge is -2.39. The molecule has 3 aliphatic rings. The van der Waals surface area contributed by atoms with E-state index in [4.69, 9.17) is 4.74 Å². The average molecular weight is 701 g/mol. The summed E-state index contributed by atoms with van der Waals surface area (Å²) in [7, 11) is 0. The first-order valence-electron chi connectivity index (χ1n) is 17.5. The van der Waals surface area contributed by atoms with Gasteiger partial charge in [0.1, 0.15) is 29.3 Å². The quantitative estimate of drug-likeness (QED) is 0.142. The molecule has 1 N–H and O–H groups in total. The number of unbranched alkanes of at least 4 members (excludes halogenated alkanes) is 1. The van der Waals surface area contributed by atoms with Gasteiger partial charge in [0.25, 0.3) is 5.91 Å². The second-order valence-electron chi connectivity index (χ2n) is 13.5. The molecule has 7 nitrogen and oxygen atoms in total. The van der Waals surface area contributed by atoms with Crippen molar-refractivity contribution in [3.05, 3.63) is 125 Å². The zero-order valence-electron chi connectivity index (χ0n) is 28.2. The van der Waals surface area contributed by atoms with E-state index in [0.717, 1.165) is 62.4 Å². The average Bonchev–Trinajstić information content (AvgIpc) is 3.13. The number of rotatable bonds is 10. The van der Waals surface area contributed by atoms with Crippen molar-refractivity contribution in [1.29, 1.82) is 0 Å². The van der Waals surface area contributed by atoms with Crippen LogP contribution < -0.4 is 15.0 Å². The highest BCUT2D eigenvalue weighted by molar-refractivity contribution is 5.98. The maximum Gasteiger partial charge on any atom is 0.405 e. The lowest BCUT2D eigenvalue weighted by molar-refractivity contribution is -0.141. The number of piperazine rings is 1. The Kier molecular flexibility index (Phi) is 9.74. The van der Waals surface area contributed by atoms with E-state index in [2.05, 4.69) is 21.2 Å². The van der Waals surface area contributed by atoms with Crippen molar-refractivity contribution in [1.82, 2.24) is 15.1 Å². The number of carbonyl (C=O) groups excluding carboxylic acids is 2. The van der Waals surface area contributed by atoms with Gasteiger partial charge in [-0.3, -0.25) is 14.5 Å². The number of amides is 2. The molecule has 0 bridgehead atoms. The minimum Gasteiger partial charge on any atom is -0.457 e. The number of fused-ring (bicyclic) bond motifs is 3. The maximum atomic E-state index is 13.9. The fourth-order valence-corrected chi connectivity index (χ4v) is 7.71. The fraction of sp³-hybridized carbons (Fsp3) is 0.350. The van der Waals surface area contributed by atoms with Gasteiger partial charge < -0.3 is 19.9 Å². The van der Waals surface area contributed by atoms with Crippen LogP contribution in [0.4, 0.5) is 23.2 Å². The zero-order chi connectivity index (χ0) is 35.6. The van der Waals surface area contributed by atoms with Crippen LogP contribution in [-0.4, -0.2) is 73.6 Å². The van der Waals surface area contributed by atoms with E-state index in [0.29, 0.717) is 54.1 Å². The fourth-order valence-electron chi connectivity index (χ4n) is 7.71. The number of hydrogen-bond acceptors (Lipinski definition) is 5. The van der Waals surface area contributed by atoms with Crippen molar-refractivity contribution in [2.24, 2.45) is 0 Å². The molecular weight excluding hydrogens is 660 g/mol. The monoisotopic (exact) mass is 700 g/mol. The van der Waals surface area contributed by atoms with Gasteiger partial charge in [-0.05, 0) is 73.3 Å². The van der Waals surface area contributed by atoms with Crippen LogP contribution in [-0.2, 0) is 23.2 Å². The topological polar surface area (TPSA) is 65.1 Å². The Morgan fingerprint density at radius 2 is 1.53 bits per heavy atom. The van der Waals surface area contributed by atoms with Crippen molar-refractivity contribution >= 4 is 17.5 Å². The maximum absolute atomic E-state index is 13.9. The summed E-state index contributed by atoms with van der Waals surface area (Å²) in [6, 6.07) is 26.6. The van der Waals surface area contributed by atoms with Crippen molar-refractivity contribution < 1.29 is 31.9 Å². The normalized spacial score (nSPS) is 16.9. The van der Waals surface area contributed by atoms with Gasteiger partial charge in [0, 0.05) is 61.6 Å². The van der Waals surface area contributed by atoms with E-state index in [1.165, 1.54) is 12.1 Å². The zero-order valence-corrected chi connectivity index (χ0v) is 28.2. The van der Waals surface area contributed by atoms with Gasteiger partial charge >= 0.3 is 6.18 Å². The minimum atomic E-state index is -4.54. The van der Waals surface area contributed by atoms with Crippen LogP contribution in [0.3, 0.4) is 0 Å². The number of anilines is 1.